The molecule has 0 aromatic heterocycles. The minimum absolute atomic E-state index is 0.145. The fraction of sp³-hybridized carbons (Fsp3) is 0.516. The van der Waals surface area contributed by atoms with Gasteiger partial charge in [0.1, 0.15) is 12.4 Å². The van der Waals surface area contributed by atoms with Gasteiger partial charge in [0.25, 0.3) is 5.91 Å². The van der Waals surface area contributed by atoms with Crippen molar-refractivity contribution in [2.24, 2.45) is 17.8 Å². The Morgan fingerprint density at radius 1 is 1.12 bits per heavy atom. The molecule has 2 aliphatic heterocycles. The van der Waals surface area contributed by atoms with Crippen molar-refractivity contribution in [3.05, 3.63) is 70.3 Å². The van der Waals surface area contributed by atoms with Crippen LogP contribution in [0.3, 0.4) is 0 Å². The second-order valence-electron chi connectivity index (χ2n) is 11.4. The SMILES string of the molecule is CC[C@H]1C/C=C/[C@H](O)[C@@H]2CC[C@H]2CN2CCCCc3cc(Cl)ccc3COc3ccc(cc32)C(=O)NS(=O)(=O)C1. The summed E-state index contributed by atoms with van der Waals surface area (Å²) in [7, 11) is -3.84. The van der Waals surface area contributed by atoms with Crippen molar-refractivity contribution in [2.45, 2.75) is 64.6 Å². The summed E-state index contributed by atoms with van der Waals surface area (Å²) in [6.45, 7) is 3.78. The zero-order valence-corrected chi connectivity index (χ0v) is 24.6. The summed E-state index contributed by atoms with van der Waals surface area (Å²) in [5.74, 6) is 0.172. The van der Waals surface area contributed by atoms with E-state index in [4.69, 9.17) is 16.3 Å². The minimum Gasteiger partial charge on any atom is -0.487 e. The van der Waals surface area contributed by atoms with Gasteiger partial charge in [-0.05, 0) is 97.7 Å². The van der Waals surface area contributed by atoms with Crippen LogP contribution in [0.5, 0.6) is 5.75 Å². The van der Waals surface area contributed by atoms with E-state index < -0.39 is 22.0 Å². The zero-order valence-electron chi connectivity index (χ0n) is 23.0. The number of amides is 1. The van der Waals surface area contributed by atoms with E-state index in [1.807, 2.05) is 37.3 Å². The molecular weight excluding hydrogens is 548 g/mol. The second-order valence-corrected chi connectivity index (χ2v) is 13.6. The maximum atomic E-state index is 13.2. The smallest absolute Gasteiger partial charge is 0.264 e. The number of aliphatic hydroxyl groups excluding tert-OH is 1. The van der Waals surface area contributed by atoms with Crippen molar-refractivity contribution in [1.29, 1.82) is 0 Å². The fourth-order valence-corrected chi connectivity index (χ4v) is 7.76. The number of nitrogens with one attached hydrogen (secondary N) is 1. The van der Waals surface area contributed by atoms with E-state index in [0.29, 0.717) is 36.1 Å². The summed E-state index contributed by atoms with van der Waals surface area (Å²) >= 11 is 6.29. The molecule has 4 atom stereocenters. The third-order valence-corrected chi connectivity index (χ3v) is 10.3. The molecule has 1 fully saturated rings. The number of hydrogen-bond donors (Lipinski definition) is 2. The number of anilines is 1. The van der Waals surface area contributed by atoms with Gasteiger partial charge in [-0.25, -0.2) is 13.1 Å². The van der Waals surface area contributed by atoms with Crippen LogP contribution in [0.25, 0.3) is 0 Å². The largest absolute Gasteiger partial charge is 0.487 e. The van der Waals surface area contributed by atoms with Gasteiger partial charge in [-0.15, -0.1) is 0 Å². The predicted molar refractivity (Wildman–Crippen MR) is 158 cm³/mol. The van der Waals surface area contributed by atoms with E-state index in [0.717, 1.165) is 56.4 Å². The maximum Gasteiger partial charge on any atom is 0.264 e. The Kier molecular flexibility index (Phi) is 9.08. The van der Waals surface area contributed by atoms with Crippen molar-refractivity contribution in [2.75, 3.05) is 23.7 Å². The molecule has 1 aliphatic carbocycles. The first-order valence-corrected chi connectivity index (χ1v) is 16.4. The Morgan fingerprint density at radius 2 is 1.98 bits per heavy atom. The average Bonchev–Trinajstić information content (AvgIpc) is 2.92. The number of carbonyl (C=O) groups is 1. The van der Waals surface area contributed by atoms with Gasteiger partial charge in [0, 0.05) is 23.7 Å². The summed E-state index contributed by atoms with van der Waals surface area (Å²) in [5.41, 5.74) is 3.30. The van der Waals surface area contributed by atoms with E-state index in [9.17, 15) is 18.3 Å². The molecule has 2 aromatic rings. The van der Waals surface area contributed by atoms with E-state index in [1.165, 1.54) is 5.56 Å². The molecule has 0 radical (unpaired) electrons. The van der Waals surface area contributed by atoms with Crippen molar-refractivity contribution in [1.82, 2.24) is 4.72 Å². The predicted octanol–water partition coefficient (Wildman–Crippen LogP) is 5.49. The molecule has 216 valence electrons. The first-order valence-electron chi connectivity index (χ1n) is 14.4. The molecule has 40 heavy (non-hydrogen) atoms. The maximum absolute atomic E-state index is 13.2. The summed E-state index contributed by atoms with van der Waals surface area (Å²) in [5, 5.41) is 11.7. The molecule has 5 rings (SSSR count). The number of aliphatic hydroxyl groups is 1. The highest BCUT2D eigenvalue weighted by Crippen LogP contribution is 2.41. The van der Waals surface area contributed by atoms with Crippen LogP contribution in [0.15, 0.2) is 48.6 Å². The van der Waals surface area contributed by atoms with Gasteiger partial charge in [0.15, 0.2) is 0 Å². The summed E-state index contributed by atoms with van der Waals surface area (Å²) in [6.07, 6.45) is 9.14. The van der Waals surface area contributed by atoms with Crippen molar-refractivity contribution in [3.8, 4) is 5.75 Å². The molecule has 3 aliphatic rings. The number of carbonyl (C=O) groups excluding carboxylic acids is 1. The number of benzene rings is 2. The van der Waals surface area contributed by atoms with E-state index in [1.54, 1.807) is 18.2 Å². The monoisotopic (exact) mass is 586 g/mol. The van der Waals surface area contributed by atoms with Crippen molar-refractivity contribution in [3.63, 3.8) is 0 Å². The molecule has 1 saturated carbocycles. The standard InChI is InChI=1S/C31H39ClN2O5S/c1-2-21-6-5-8-29(35)27-13-10-24(27)18-34-15-4-3-7-22-16-26(32)12-9-25(22)19-39-30-14-11-23(17-28(30)34)31(36)33-40(37,38)20-21/h5,8-9,11-12,14,16-17,21,24,27,29,35H,2-4,6-7,10,13,15,18-20H2,1H3,(H,33,36)/b8-5+/t21-,24-,27+,29-/m0/s1. The minimum atomic E-state index is -3.84. The number of aryl methyl sites for hydroxylation is 1. The zero-order chi connectivity index (χ0) is 28.3. The van der Waals surface area contributed by atoms with Crippen LogP contribution in [0.4, 0.5) is 5.69 Å². The highest BCUT2D eigenvalue weighted by Gasteiger charge is 2.37. The van der Waals surface area contributed by atoms with Gasteiger partial charge in [0.2, 0.25) is 10.0 Å². The lowest BCUT2D eigenvalue weighted by Crippen LogP contribution is -2.43. The van der Waals surface area contributed by atoms with Crippen LogP contribution in [-0.2, 0) is 23.1 Å². The average molecular weight is 587 g/mol. The number of fused-ring (bicyclic) bond motifs is 3. The number of nitrogens with zero attached hydrogens (tertiary/aromatic N) is 1. The highest BCUT2D eigenvalue weighted by molar-refractivity contribution is 7.90. The number of allylic oxidation sites excluding steroid dienone is 1. The number of sulfonamides is 1. The van der Waals surface area contributed by atoms with Crippen LogP contribution in [0.2, 0.25) is 5.02 Å². The number of hydrogen-bond acceptors (Lipinski definition) is 6. The number of rotatable bonds is 1. The summed E-state index contributed by atoms with van der Waals surface area (Å²) in [6, 6.07) is 11.0. The molecule has 7 nitrogen and oxygen atoms in total. The van der Waals surface area contributed by atoms with Crippen LogP contribution < -0.4 is 14.4 Å². The van der Waals surface area contributed by atoms with E-state index in [2.05, 4.69) is 9.62 Å². The van der Waals surface area contributed by atoms with Gasteiger partial charge in [0.05, 0.1) is 17.5 Å². The van der Waals surface area contributed by atoms with E-state index >= 15 is 0 Å². The molecule has 2 heterocycles. The van der Waals surface area contributed by atoms with E-state index in [-0.39, 0.29) is 23.2 Å². The molecule has 9 heteroatoms. The topological polar surface area (TPSA) is 95.9 Å². The van der Waals surface area contributed by atoms with Gasteiger partial charge < -0.3 is 14.7 Å². The third kappa shape index (κ3) is 6.84. The van der Waals surface area contributed by atoms with Gasteiger partial charge >= 0.3 is 0 Å². The molecule has 2 bridgehead atoms. The second kappa shape index (κ2) is 12.5. The Labute approximate surface area is 242 Å². The third-order valence-electron chi connectivity index (χ3n) is 8.69. The molecular formula is C31H39ClN2O5S. The van der Waals surface area contributed by atoms with Crippen LogP contribution in [-0.4, -0.2) is 44.4 Å². The van der Waals surface area contributed by atoms with Crippen LogP contribution >= 0.6 is 11.6 Å². The molecule has 0 spiro atoms. The quantitative estimate of drug-likeness (QED) is 0.429. The van der Waals surface area contributed by atoms with Crippen LogP contribution in [0, 0.1) is 17.8 Å². The number of ether oxygens (including phenoxy) is 1. The molecule has 0 saturated heterocycles. The molecule has 2 aromatic carbocycles. The lowest BCUT2D eigenvalue weighted by molar-refractivity contribution is 0.0461. The Balaban J connectivity index is 1.52. The number of halogens is 1. The Morgan fingerprint density at radius 3 is 2.75 bits per heavy atom. The Hall–Kier alpha value is -2.55. The van der Waals surface area contributed by atoms with Crippen LogP contribution in [0.1, 0.15) is 66.9 Å². The Bertz CT molecular complexity index is 1360. The fourth-order valence-electron chi connectivity index (χ4n) is 6.09. The first kappa shape index (κ1) is 29.0. The highest BCUT2D eigenvalue weighted by atomic mass is 35.5. The van der Waals surface area contributed by atoms with Crippen molar-refractivity contribution < 1.29 is 23.1 Å². The lowest BCUT2D eigenvalue weighted by atomic mass is 9.70. The molecule has 0 unspecified atom stereocenters. The summed E-state index contributed by atoms with van der Waals surface area (Å²) < 4.78 is 34.5. The lowest BCUT2D eigenvalue weighted by Gasteiger charge is -2.42. The van der Waals surface area contributed by atoms with Gasteiger partial charge in [-0.2, -0.15) is 0 Å². The first-order chi connectivity index (χ1) is 19.2. The molecule has 2 N–H and O–H groups in total. The van der Waals surface area contributed by atoms with Gasteiger partial charge in [-0.1, -0.05) is 43.2 Å². The normalized spacial score (nSPS) is 28.0. The summed E-state index contributed by atoms with van der Waals surface area (Å²) in [4.78, 5) is 15.5. The van der Waals surface area contributed by atoms with Crippen molar-refractivity contribution >= 4 is 33.2 Å². The molecule has 1 amide bonds. The van der Waals surface area contributed by atoms with Gasteiger partial charge in [-0.3, -0.25) is 4.79 Å².